The molecule has 0 unspecified atom stereocenters. The third kappa shape index (κ3) is 3.00. The van der Waals surface area contributed by atoms with E-state index in [0.29, 0.717) is 11.6 Å². The van der Waals surface area contributed by atoms with Gasteiger partial charge in [-0.25, -0.2) is 0 Å². The summed E-state index contributed by atoms with van der Waals surface area (Å²) >= 11 is 11.6. The molecule has 3 nitrogen and oxygen atoms in total. The molecular weight excluding hydrogens is 247 g/mol. The zero-order valence-electron chi connectivity index (χ0n) is 9.46. The summed E-state index contributed by atoms with van der Waals surface area (Å²) in [6.45, 7) is 4.43. The van der Waals surface area contributed by atoms with Crippen LogP contribution in [0.4, 0.5) is 0 Å². The maximum absolute atomic E-state index is 11.7. The average molecular weight is 263 g/mol. The van der Waals surface area contributed by atoms with E-state index in [1.54, 1.807) is 6.20 Å². The second-order valence-electron chi connectivity index (χ2n) is 4.01. The van der Waals surface area contributed by atoms with E-state index in [9.17, 15) is 4.79 Å². The van der Waals surface area contributed by atoms with Gasteiger partial charge in [-0.2, -0.15) is 0 Å². The second kappa shape index (κ2) is 5.21. The smallest absolute Gasteiger partial charge is 0.269 e. The maximum atomic E-state index is 11.7. The van der Waals surface area contributed by atoms with Gasteiger partial charge in [0.1, 0.15) is 5.02 Å². The van der Waals surface area contributed by atoms with Crippen LogP contribution < -0.4 is 11.3 Å². The number of nitrogens with zero attached hydrogens (tertiary/aromatic N) is 1. The highest BCUT2D eigenvalue weighted by atomic mass is 35.5. The highest BCUT2D eigenvalue weighted by Crippen LogP contribution is 2.16. The molecule has 0 amide bonds. The molecule has 0 fully saturated rings. The summed E-state index contributed by atoms with van der Waals surface area (Å²) in [5.41, 5.74) is 5.51. The Bertz CT molecular complexity index is 424. The third-order valence-corrected chi connectivity index (χ3v) is 3.38. The average Bonchev–Trinajstić information content (AvgIpc) is 2.25. The fourth-order valence-corrected chi connectivity index (χ4v) is 2.00. The van der Waals surface area contributed by atoms with Crippen LogP contribution in [0.1, 0.15) is 26.7 Å². The summed E-state index contributed by atoms with van der Waals surface area (Å²) in [7, 11) is 0. The minimum absolute atomic E-state index is 0.127. The van der Waals surface area contributed by atoms with E-state index < -0.39 is 5.54 Å². The number of halogens is 2. The molecule has 90 valence electrons. The molecule has 0 radical (unpaired) electrons. The standard InChI is InChI=1S/C11H16Cl2N2O/c1-3-11(14,4-2)7-15-6-8(12)5-9(13)10(15)16/h5-6H,3-4,7,14H2,1-2H3. The fraction of sp³-hybridized carbons (Fsp3) is 0.545. The van der Waals surface area contributed by atoms with Gasteiger partial charge in [0, 0.05) is 18.3 Å². The lowest BCUT2D eigenvalue weighted by atomic mass is 9.94. The van der Waals surface area contributed by atoms with Crippen molar-refractivity contribution in [1.29, 1.82) is 0 Å². The lowest BCUT2D eigenvalue weighted by Gasteiger charge is -2.27. The molecule has 0 saturated carbocycles. The van der Waals surface area contributed by atoms with Gasteiger partial charge in [0.2, 0.25) is 0 Å². The molecule has 0 aliphatic heterocycles. The second-order valence-corrected chi connectivity index (χ2v) is 4.85. The first kappa shape index (κ1) is 13.6. The van der Waals surface area contributed by atoms with Gasteiger partial charge in [-0.1, -0.05) is 37.0 Å². The predicted octanol–water partition coefficient (Wildman–Crippen LogP) is 2.67. The summed E-state index contributed by atoms with van der Waals surface area (Å²) in [6, 6.07) is 1.44. The zero-order chi connectivity index (χ0) is 12.3. The lowest BCUT2D eigenvalue weighted by Crippen LogP contribution is -2.45. The number of aromatic nitrogens is 1. The van der Waals surface area contributed by atoms with Gasteiger partial charge >= 0.3 is 0 Å². The summed E-state index contributed by atoms with van der Waals surface area (Å²) in [4.78, 5) is 11.7. The summed E-state index contributed by atoms with van der Waals surface area (Å²) in [5, 5.41) is 0.571. The van der Waals surface area contributed by atoms with Gasteiger partial charge in [0.25, 0.3) is 5.56 Å². The van der Waals surface area contributed by atoms with Crippen LogP contribution in [0.15, 0.2) is 17.1 Å². The first-order valence-corrected chi connectivity index (χ1v) is 6.02. The Balaban J connectivity index is 3.10. The Labute approximate surface area is 105 Å². The van der Waals surface area contributed by atoms with E-state index in [2.05, 4.69) is 0 Å². The number of pyridine rings is 1. The van der Waals surface area contributed by atoms with E-state index in [0.717, 1.165) is 12.8 Å². The van der Waals surface area contributed by atoms with Crippen LogP contribution >= 0.6 is 23.2 Å². The Kier molecular flexibility index (Phi) is 4.42. The van der Waals surface area contributed by atoms with Crippen LogP contribution in [0.25, 0.3) is 0 Å². The molecule has 0 aliphatic carbocycles. The van der Waals surface area contributed by atoms with Crippen molar-refractivity contribution in [2.45, 2.75) is 38.8 Å². The number of hydrogen-bond acceptors (Lipinski definition) is 2. The van der Waals surface area contributed by atoms with E-state index in [-0.39, 0.29) is 10.6 Å². The highest BCUT2D eigenvalue weighted by Gasteiger charge is 2.21. The van der Waals surface area contributed by atoms with Gasteiger partial charge in [-0.15, -0.1) is 0 Å². The van der Waals surface area contributed by atoms with Crippen molar-refractivity contribution in [2.75, 3.05) is 0 Å². The van der Waals surface area contributed by atoms with E-state index in [4.69, 9.17) is 28.9 Å². The number of nitrogens with two attached hydrogens (primary N) is 1. The molecule has 0 aliphatic rings. The largest absolute Gasteiger partial charge is 0.324 e. The van der Waals surface area contributed by atoms with Crippen LogP contribution in [-0.4, -0.2) is 10.1 Å². The summed E-state index contributed by atoms with van der Waals surface area (Å²) in [5.74, 6) is 0. The van der Waals surface area contributed by atoms with Crippen molar-refractivity contribution in [3.05, 3.63) is 32.7 Å². The molecule has 0 aromatic carbocycles. The fourth-order valence-electron chi connectivity index (χ4n) is 1.50. The monoisotopic (exact) mass is 262 g/mol. The van der Waals surface area contributed by atoms with Crippen molar-refractivity contribution in [1.82, 2.24) is 4.57 Å². The molecule has 16 heavy (non-hydrogen) atoms. The topological polar surface area (TPSA) is 48.0 Å². The van der Waals surface area contributed by atoms with Gasteiger partial charge in [-0.3, -0.25) is 4.79 Å². The molecular formula is C11H16Cl2N2O. The Morgan fingerprint density at radius 1 is 1.38 bits per heavy atom. The van der Waals surface area contributed by atoms with Gasteiger partial charge in [0.15, 0.2) is 0 Å². The molecule has 5 heteroatoms. The van der Waals surface area contributed by atoms with Gasteiger partial charge in [0.05, 0.1) is 5.02 Å². The first-order chi connectivity index (χ1) is 7.41. The van der Waals surface area contributed by atoms with Crippen molar-refractivity contribution >= 4 is 23.2 Å². The van der Waals surface area contributed by atoms with E-state index in [1.807, 2.05) is 13.8 Å². The molecule has 1 aromatic rings. The van der Waals surface area contributed by atoms with Crippen molar-refractivity contribution in [2.24, 2.45) is 5.73 Å². The molecule has 0 saturated heterocycles. The highest BCUT2D eigenvalue weighted by molar-refractivity contribution is 6.34. The zero-order valence-corrected chi connectivity index (χ0v) is 11.0. The molecule has 0 atom stereocenters. The predicted molar refractivity (Wildman–Crippen MR) is 68.2 cm³/mol. The molecule has 1 rings (SSSR count). The minimum Gasteiger partial charge on any atom is -0.324 e. The summed E-state index contributed by atoms with van der Waals surface area (Å²) in [6.07, 6.45) is 3.16. The van der Waals surface area contributed by atoms with Gasteiger partial charge in [-0.05, 0) is 18.9 Å². The quantitative estimate of drug-likeness (QED) is 0.907. The Morgan fingerprint density at radius 2 is 1.94 bits per heavy atom. The maximum Gasteiger partial charge on any atom is 0.269 e. The van der Waals surface area contributed by atoms with Crippen LogP contribution in [0, 0.1) is 0 Å². The SMILES string of the molecule is CCC(N)(CC)Cn1cc(Cl)cc(Cl)c1=O. The van der Waals surface area contributed by atoms with Crippen LogP contribution in [-0.2, 0) is 6.54 Å². The van der Waals surface area contributed by atoms with Crippen molar-refractivity contribution < 1.29 is 0 Å². The summed E-state index contributed by atoms with van der Waals surface area (Å²) < 4.78 is 1.48. The number of hydrogen-bond donors (Lipinski definition) is 1. The Hall–Kier alpha value is -0.510. The van der Waals surface area contributed by atoms with Crippen molar-refractivity contribution in [3.8, 4) is 0 Å². The number of rotatable bonds is 4. The van der Waals surface area contributed by atoms with Crippen LogP contribution in [0.2, 0.25) is 10.0 Å². The normalized spacial score (nSPS) is 11.8. The molecule has 0 bridgehead atoms. The van der Waals surface area contributed by atoms with Crippen LogP contribution in [0.3, 0.4) is 0 Å². The van der Waals surface area contributed by atoms with Crippen LogP contribution in [0.5, 0.6) is 0 Å². The Morgan fingerprint density at radius 3 is 2.44 bits per heavy atom. The lowest BCUT2D eigenvalue weighted by molar-refractivity contribution is 0.335. The first-order valence-electron chi connectivity index (χ1n) is 5.26. The van der Waals surface area contributed by atoms with E-state index >= 15 is 0 Å². The third-order valence-electron chi connectivity index (χ3n) is 2.90. The molecule has 0 spiro atoms. The molecule has 2 N–H and O–H groups in total. The molecule has 1 aromatic heterocycles. The van der Waals surface area contributed by atoms with Crippen molar-refractivity contribution in [3.63, 3.8) is 0 Å². The minimum atomic E-state index is -0.391. The van der Waals surface area contributed by atoms with E-state index in [1.165, 1.54) is 10.6 Å². The molecule has 1 heterocycles. The van der Waals surface area contributed by atoms with Gasteiger partial charge < -0.3 is 10.3 Å².